The van der Waals surface area contributed by atoms with Gasteiger partial charge in [0.1, 0.15) is 5.82 Å². The molecule has 0 unspecified atom stereocenters. The van der Waals surface area contributed by atoms with Crippen molar-refractivity contribution in [3.63, 3.8) is 0 Å². The number of halogens is 1. The van der Waals surface area contributed by atoms with Gasteiger partial charge in [-0.1, -0.05) is 24.3 Å². The molecule has 4 nitrogen and oxygen atoms in total. The molecule has 0 atom stereocenters. The molecule has 0 aliphatic rings. The number of H-pyrrole nitrogens is 2. The van der Waals surface area contributed by atoms with Crippen molar-refractivity contribution in [3.8, 4) is 0 Å². The number of hydrogen-bond donors (Lipinski definition) is 3. The van der Waals surface area contributed by atoms with E-state index in [9.17, 15) is 9.18 Å². The monoisotopic (exact) mass is 315 g/mol. The Kier molecular flexibility index (Phi) is 3.77. The van der Waals surface area contributed by atoms with Crippen LogP contribution in [0.2, 0.25) is 0 Å². The summed E-state index contributed by atoms with van der Waals surface area (Å²) in [5, 5.41) is 2.81. The van der Waals surface area contributed by atoms with Gasteiger partial charge in [-0.3, -0.25) is 4.79 Å². The summed E-state index contributed by atoms with van der Waals surface area (Å²) in [4.78, 5) is 18.1. The van der Waals surface area contributed by atoms with Crippen LogP contribution in [0.15, 0.2) is 36.4 Å². The fourth-order valence-electron chi connectivity index (χ4n) is 2.37. The summed E-state index contributed by atoms with van der Waals surface area (Å²) in [6, 6.07) is 10.3. The summed E-state index contributed by atoms with van der Waals surface area (Å²) in [7, 11) is 0. The van der Waals surface area contributed by atoms with Crippen LogP contribution in [-0.2, 0) is 6.54 Å². The van der Waals surface area contributed by atoms with Gasteiger partial charge in [0.15, 0.2) is 4.77 Å². The van der Waals surface area contributed by atoms with E-state index in [0.29, 0.717) is 22.3 Å². The second-order valence-electron chi connectivity index (χ2n) is 5.06. The molecule has 1 heterocycles. The lowest BCUT2D eigenvalue weighted by Crippen LogP contribution is -2.23. The Hall–Kier alpha value is -2.47. The first kappa shape index (κ1) is 14.5. The first-order valence-electron chi connectivity index (χ1n) is 6.79. The molecule has 0 saturated heterocycles. The maximum Gasteiger partial charge on any atom is 0.253 e. The number of aryl methyl sites for hydroxylation is 1. The zero-order valence-corrected chi connectivity index (χ0v) is 12.7. The Balaban J connectivity index is 1.89. The largest absolute Gasteiger partial charge is 0.348 e. The van der Waals surface area contributed by atoms with E-state index in [1.165, 1.54) is 12.1 Å². The topological polar surface area (TPSA) is 60.7 Å². The maximum absolute atomic E-state index is 13.6. The van der Waals surface area contributed by atoms with E-state index in [1.807, 2.05) is 31.2 Å². The molecule has 22 heavy (non-hydrogen) atoms. The number of carbonyl (C=O) groups is 1. The highest BCUT2D eigenvalue weighted by Crippen LogP contribution is 2.18. The van der Waals surface area contributed by atoms with Gasteiger partial charge >= 0.3 is 0 Å². The van der Waals surface area contributed by atoms with Crippen LogP contribution in [0.3, 0.4) is 0 Å². The maximum atomic E-state index is 13.6. The second kappa shape index (κ2) is 5.73. The SMILES string of the molecule is Cc1ccccc1CNC(=O)c1cc(F)cc2[nH]c(=S)[nH]c12. The normalized spacial score (nSPS) is 10.8. The van der Waals surface area contributed by atoms with E-state index in [1.54, 1.807) is 0 Å². The van der Waals surface area contributed by atoms with Crippen LogP contribution in [0.4, 0.5) is 4.39 Å². The smallest absolute Gasteiger partial charge is 0.253 e. The van der Waals surface area contributed by atoms with Crippen LogP contribution < -0.4 is 5.32 Å². The molecule has 0 fully saturated rings. The van der Waals surface area contributed by atoms with Crippen molar-refractivity contribution >= 4 is 29.2 Å². The van der Waals surface area contributed by atoms with Crippen molar-refractivity contribution in [2.45, 2.75) is 13.5 Å². The van der Waals surface area contributed by atoms with E-state index in [-0.39, 0.29) is 11.5 Å². The third kappa shape index (κ3) is 2.78. The summed E-state index contributed by atoms with van der Waals surface area (Å²) in [5.74, 6) is -0.836. The van der Waals surface area contributed by atoms with E-state index in [4.69, 9.17) is 12.2 Å². The predicted molar refractivity (Wildman–Crippen MR) is 85.8 cm³/mol. The average molecular weight is 315 g/mol. The Labute approximate surface area is 131 Å². The molecular weight excluding hydrogens is 301 g/mol. The number of fused-ring (bicyclic) bond motifs is 1. The van der Waals surface area contributed by atoms with Crippen molar-refractivity contribution in [1.82, 2.24) is 15.3 Å². The third-order valence-corrected chi connectivity index (χ3v) is 3.74. The van der Waals surface area contributed by atoms with Crippen LogP contribution in [0, 0.1) is 17.5 Å². The second-order valence-corrected chi connectivity index (χ2v) is 5.47. The van der Waals surface area contributed by atoms with Crippen molar-refractivity contribution in [3.05, 3.63) is 63.7 Å². The van der Waals surface area contributed by atoms with E-state index in [2.05, 4.69) is 15.3 Å². The average Bonchev–Trinajstić information content (AvgIpc) is 2.85. The van der Waals surface area contributed by atoms with Gasteiger partial charge in [-0.15, -0.1) is 0 Å². The first-order chi connectivity index (χ1) is 10.5. The number of carbonyl (C=O) groups excluding carboxylic acids is 1. The molecule has 0 spiro atoms. The number of amides is 1. The molecule has 3 aromatic rings. The van der Waals surface area contributed by atoms with Gasteiger partial charge in [-0.05, 0) is 42.4 Å². The highest BCUT2D eigenvalue weighted by molar-refractivity contribution is 7.71. The molecule has 1 aromatic heterocycles. The minimum Gasteiger partial charge on any atom is -0.348 e. The predicted octanol–water partition coefficient (Wildman–Crippen LogP) is 3.60. The fourth-order valence-corrected chi connectivity index (χ4v) is 2.58. The lowest BCUT2D eigenvalue weighted by molar-refractivity contribution is 0.0952. The lowest BCUT2D eigenvalue weighted by atomic mass is 10.1. The molecule has 0 radical (unpaired) electrons. The molecule has 0 saturated carbocycles. The van der Waals surface area contributed by atoms with Crippen molar-refractivity contribution in [2.75, 3.05) is 0 Å². The van der Waals surface area contributed by atoms with Gasteiger partial charge in [0.05, 0.1) is 16.6 Å². The molecule has 112 valence electrons. The van der Waals surface area contributed by atoms with Gasteiger partial charge in [0, 0.05) is 6.54 Å². The van der Waals surface area contributed by atoms with Crippen molar-refractivity contribution in [1.29, 1.82) is 0 Å². The third-order valence-electron chi connectivity index (χ3n) is 3.54. The van der Waals surface area contributed by atoms with E-state index in [0.717, 1.165) is 11.1 Å². The number of aromatic amines is 2. The summed E-state index contributed by atoms with van der Waals surface area (Å²) >= 11 is 5.00. The van der Waals surface area contributed by atoms with E-state index < -0.39 is 5.82 Å². The highest BCUT2D eigenvalue weighted by Gasteiger charge is 2.14. The Morgan fingerprint density at radius 2 is 2.05 bits per heavy atom. The molecule has 0 bridgehead atoms. The summed E-state index contributed by atoms with van der Waals surface area (Å²) in [5.41, 5.74) is 3.33. The van der Waals surface area contributed by atoms with Gasteiger partial charge < -0.3 is 15.3 Å². The van der Waals surface area contributed by atoms with Gasteiger partial charge in [0.2, 0.25) is 0 Å². The van der Waals surface area contributed by atoms with Crippen LogP contribution in [0.5, 0.6) is 0 Å². The minimum atomic E-state index is -0.487. The van der Waals surface area contributed by atoms with Crippen LogP contribution in [0.1, 0.15) is 21.5 Å². The number of hydrogen-bond acceptors (Lipinski definition) is 2. The molecule has 6 heteroatoms. The molecule has 3 rings (SSSR count). The Morgan fingerprint density at radius 1 is 1.27 bits per heavy atom. The van der Waals surface area contributed by atoms with Crippen LogP contribution in [0.25, 0.3) is 11.0 Å². The van der Waals surface area contributed by atoms with Crippen molar-refractivity contribution < 1.29 is 9.18 Å². The molecule has 0 aliphatic carbocycles. The van der Waals surface area contributed by atoms with Gasteiger partial charge in [0.25, 0.3) is 5.91 Å². The number of nitrogens with one attached hydrogen (secondary N) is 3. The van der Waals surface area contributed by atoms with Crippen LogP contribution >= 0.6 is 12.2 Å². The lowest BCUT2D eigenvalue weighted by Gasteiger charge is -2.08. The highest BCUT2D eigenvalue weighted by atomic mass is 32.1. The van der Waals surface area contributed by atoms with E-state index >= 15 is 0 Å². The molecular formula is C16H14FN3OS. The summed E-state index contributed by atoms with van der Waals surface area (Å²) in [6.07, 6.45) is 0. The number of benzene rings is 2. The van der Waals surface area contributed by atoms with Crippen molar-refractivity contribution in [2.24, 2.45) is 0 Å². The minimum absolute atomic E-state index is 0.232. The molecule has 0 aliphatic heterocycles. The zero-order chi connectivity index (χ0) is 15.7. The first-order valence-corrected chi connectivity index (χ1v) is 7.19. The van der Waals surface area contributed by atoms with Gasteiger partial charge in [-0.2, -0.15) is 0 Å². The summed E-state index contributed by atoms with van der Waals surface area (Å²) in [6.45, 7) is 2.36. The number of imidazole rings is 1. The van der Waals surface area contributed by atoms with Gasteiger partial charge in [-0.25, -0.2) is 4.39 Å². The quantitative estimate of drug-likeness (QED) is 0.647. The standard InChI is InChI=1S/C16H14FN3OS/c1-9-4-2-3-5-10(9)8-18-15(21)12-6-11(17)7-13-14(12)20-16(22)19-13/h2-7H,8H2,1H3,(H,18,21)(H2,19,20,22). The van der Waals surface area contributed by atoms with Crippen LogP contribution in [-0.4, -0.2) is 15.9 Å². The molecule has 2 aromatic carbocycles. The molecule has 3 N–H and O–H groups in total. The number of aromatic nitrogens is 2. The Morgan fingerprint density at radius 3 is 2.82 bits per heavy atom. The summed E-state index contributed by atoms with van der Waals surface area (Å²) < 4.78 is 14.0. The Bertz CT molecular complexity index is 913. The fraction of sp³-hybridized carbons (Fsp3) is 0.125. The zero-order valence-electron chi connectivity index (χ0n) is 11.9. The number of rotatable bonds is 3. The molecule has 1 amide bonds.